The Balaban J connectivity index is 2.05. The second-order valence-corrected chi connectivity index (χ2v) is 7.47. The van der Waals surface area contributed by atoms with Crippen molar-refractivity contribution in [3.63, 3.8) is 0 Å². The first-order valence-corrected chi connectivity index (χ1v) is 8.45. The maximum Gasteiger partial charge on any atom is 0.250 e. The number of thiophene rings is 1. The molecule has 18 heavy (non-hydrogen) atoms. The molecular formula is C10H13N3O2S3. The minimum Gasteiger partial charge on any atom is -0.316 e. The third kappa shape index (κ3) is 3.36. The highest BCUT2D eigenvalue weighted by Crippen LogP contribution is 2.20. The van der Waals surface area contributed by atoms with E-state index in [1.165, 1.54) is 22.7 Å². The lowest BCUT2D eigenvalue weighted by Gasteiger charge is -2.02. The van der Waals surface area contributed by atoms with Crippen LogP contribution in [0.2, 0.25) is 0 Å². The topological polar surface area (TPSA) is 71.1 Å². The minimum absolute atomic E-state index is 0.284. The first-order valence-electron chi connectivity index (χ1n) is 5.21. The molecule has 5 nitrogen and oxygen atoms in total. The summed E-state index contributed by atoms with van der Waals surface area (Å²) in [5.74, 6) is 0. The van der Waals surface area contributed by atoms with Crippen LogP contribution in [-0.2, 0) is 23.1 Å². The Morgan fingerprint density at radius 2 is 2.17 bits per heavy atom. The zero-order chi connectivity index (χ0) is 13.0. The van der Waals surface area contributed by atoms with E-state index in [1.54, 1.807) is 17.8 Å². The standard InChI is InChI=1S/C10H13N3O2S3/c1-11-3-8-2-10(16-6-8)18(14,15)13-5-9-4-12-7-17-9/h2,4,6-7,11,13H,3,5H2,1H3. The van der Waals surface area contributed by atoms with Crippen LogP contribution in [-0.4, -0.2) is 20.4 Å². The van der Waals surface area contributed by atoms with Gasteiger partial charge in [-0.3, -0.25) is 4.98 Å². The van der Waals surface area contributed by atoms with Gasteiger partial charge in [0.2, 0.25) is 10.0 Å². The molecule has 2 aromatic heterocycles. The normalized spacial score (nSPS) is 11.8. The smallest absolute Gasteiger partial charge is 0.250 e. The third-order valence-corrected chi connectivity index (χ3v) is 5.86. The number of aromatic nitrogens is 1. The molecule has 0 aliphatic carbocycles. The van der Waals surface area contributed by atoms with Crippen molar-refractivity contribution in [2.45, 2.75) is 17.3 Å². The van der Waals surface area contributed by atoms with Crippen LogP contribution in [0.25, 0.3) is 0 Å². The van der Waals surface area contributed by atoms with Crippen LogP contribution in [0.1, 0.15) is 10.4 Å². The van der Waals surface area contributed by atoms with E-state index < -0.39 is 10.0 Å². The Morgan fingerprint density at radius 3 is 2.83 bits per heavy atom. The van der Waals surface area contributed by atoms with Crippen LogP contribution >= 0.6 is 22.7 Å². The predicted octanol–water partition coefficient (Wildman–Crippen LogP) is 1.40. The zero-order valence-electron chi connectivity index (χ0n) is 9.71. The van der Waals surface area contributed by atoms with E-state index in [-0.39, 0.29) is 6.54 Å². The average Bonchev–Trinajstić information content (AvgIpc) is 2.98. The number of thiazole rings is 1. The SMILES string of the molecule is CNCc1csc(S(=O)(=O)NCc2cncs2)c1. The van der Waals surface area contributed by atoms with Gasteiger partial charge in [0.1, 0.15) is 4.21 Å². The van der Waals surface area contributed by atoms with E-state index in [4.69, 9.17) is 0 Å². The summed E-state index contributed by atoms with van der Waals surface area (Å²) in [6.45, 7) is 0.952. The molecule has 0 bridgehead atoms. The largest absolute Gasteiger partial charge is 0.316 e. The molecule has 0 aromatic carbocycles. The Kier molecular flexibility index (Phi) is 4.46. The summed E-state index contributed by atoms with van der Waals surface area (Å²) in [4.78, 5) is 4.80. The van der Waals surface area contributed by atoms with Gasteiger partial charge in [-0.2, -0.15) is 0 Å². The van der Waals surface area contributed by atoms with Gasteiger partial charge < -0.3 is 5.32 Å². The van der Waals surface area contributed by atoms with Gasteiger partial charge in [-0.1, -0.05) is 0 Å². The van der Waals surface area contributed by atoms with E-state index in [1.807, 2.05) is 12.4 Å². The number of nitrogens with one attached hydrogen (secondary N) is 2. The van der Waals surface area contributed by atoms with Crippen molar-refractivity contribution in [2.24, 2.45) is 0 Å². The van der Waals surface area contributed by atoms with E-state index in [0.29, 0.717) is 10.8 Å². The maximum atomic E-state index is 12.0. The monoisotopic (exact) mass is 303 g/mol. The molecule has 2 heterocycles. The van der Waals surface area contributed by atoms with Gasteiger partial charge in [0.15, 0.2) is 0 Å². The lowest BCUT2D eigenvalue weighted by Crippen LogP contribution is -2.21. The molecule has 0 spiro atoms. The summed E-state index contributed by atoms with van der Waals surface area (Å²) in [6, 6.07) is 1.69. The van der Waals surface area contributed by atoms with Crippen molar-refractivity contribution in [3.05, 3.63) is 33.6 Å². The lowest BCUT2D eigenvalue weighted by molar-refractivity contribution is 0.584. The van der Waals surface area contributed by atoms with E-state index in [0.717, 1.165) is 10.4 Å². The van der Waals surface area contributed by atoms with Gasteiger partial charge in [0.25, 0.3) is 0 Å². The molecule has 0 radical (unpaired) electrons. The van der Waals surface area contributed by atoms with Crippen molar-refractivity contribution >= 4 is 32.7 Å². The fourth-order valence-electron chi connectivity index (χ4n) is 1.36. The molecule has 2 N–H and O–H groups in total. The van der Waals surface area contributed by atoms with Crippen molar-refractivity contribution in [3.8, 4) is 0 Å². The highest BCUT2D eigenvalue weighted by atomic mass is 32.2. The van der Waals surface area contributed by atoms with Crippen LogP contribution in [0, 0.1) is 0 Å². The number of hydrogen-bond donors (Lipinski definition) is 2. The van der Waals surface area contributed by atoms with Gasteiger partial charge in [0.05, 0.1) is 5.51 Å². The molecule has 0 aliphatic rings. The van der Waals surface area contributed by atoms with Crippen LogP contribution in [0.5, 0.6) is 0 Å². The van der Waals surface area contributed by atoms with Crippen LogP contribution in [0.4, 0.5) is 0 Å². The Hall–Kier alpha value is -0.800. The maximum absolute atomic E-state index is 12.0. The second kappa shape index (κ2) is 5.89. The Bertz CT molecular complexity index is 590. The molecule has 2 rings (SSSR count). The van der Waals surface area contributed by atoms with Crippen molar-refractivity contribution in [1.29, 1.82) is 0 Å². The van der Waals surface area contributed by atoms with E-state index in [2.05, 4.69) is 15.0 Å². The quantitative estimate of drug-likeness (QED) is 0.846. The first kappa shape index (κ1) is 13.6. The molecule has 8 heteroatoms. The molecule has 0 aliphatic heterocycles. The van der Waals surface area contributed by atoms with Crippen molar-refractivity contribution < 1.29 is 8.42 Å². The van der Waals surface area contributed by atoms with Gasteiger partial charge in [0, 0.05) is 24.2 Å². The van der Waals surface area contributed by atoms with E-state index in [9.17, 15) is 8.42 Å². The summed E-state index contributed by atoms with van der Waals surface area (Å²) < 4.78 is 26.9. The first-order chi connectivity index (χ1) is 8.62. The predicted molar refractivity (Wildman–Crippen MR) is 73.2 cm³/mol. The number of nitrogens with zero attached hydrogens (tertiary/aromatic N) is 1. The molecule has 0 unspecified atom stereocenters. The highest BCUT2D eigenvalue weighted by molar-refractivity contribution is 7.91. The van der Waals surface area contributed by atoms with Gasteiger partial charge in [-0.25, -0.2) is 13.1 Å². The Morgan fingerprint density at radius 1 is 1.33 bits per heavy atom. The Labute approximate surface area is 114 Å². The van der Waals surface area contributed by atoms with Gasteiger partial charge in [-0.15, -0.1) is 22.7 Å². The molecule has 0 atom stereocenters. The summed E-state index contributed by atoms with van der Waals surface area (Å²) in [7, 11) is -1.59. The summed E-state index contributed by atoms with van der Waals surface area (Å²) >= 11 is 2.66. The van der Waals surface area contributed by atoms with Crippen LogP contribution < -0.4 is 10.0 Å². The second-order valence-electron chi connectivity index (χ2n) is 3.60. The molecular weight excluding hydrogens is 290 g/mol. The molecule has 0 fully saturated rings. The number of hydrogen-bond acceptors (Lipinski definition) is 6. The van der Waals surface area contributed by atoms with Crippen molar-refractivity contribution in [2.75, 3.05) is 7.05 Å². The molecule has 0 saturated carbocycles. The van der Waals surface area contributed by atoms with Crippen LogP contribution in [0.3, 0.4) is 0 Å². The number of sulfonamides is 1. The van der Waals surface area contributed by atoms with Gasteiger partial charge in [-0.05, 0) is 24.1 Å². The van der Waals surface area contributed by atoms with E-state index >= 15 is 0 Å². The molecule has 0 saturated heterocycles. The molecule has 98 valence electrons. The molecule has 2 aromatic rings. The van der Waals surface area contributed by atoms with Gasteiger partial charge >= 0.3 is 0 Å². The minimum atomic E-state index is -3.41. The highest BCUT2D eigenvalue weighted by Gasteiger charge is 2.16. The summed E-state index contributed by atoms with van der Waals surface area (Å²) in [6.07, 6.45) is 1.66. The molecule has 0 amide bonds. The fourth-order valence-corrected chi connectivity index (χ4v) is 4.24. The number of rotatable bonds is 6. The third-order valence-electron chi connectivity index (χ3n) is 2.20. The average molecular weight is 303 g/mol. The fraction of sp³-hybridized carbons (Fsp3) is 0.300. The van der Waals surface area contributed by atoms with Crippen LogP contribution in [0.15, 0.2) is 27.4 Å². The van der Waals surface area contributed by atoms with Crippen molar-refractivity contribution in [1.82, 2.24) is 15.0 Å². The summed E-state index contributed by atoms with van der Waals surface area (Å²) in [5, 5.41) is 4.83. The lowest BCUT2D eigenvalue weighted by atomic mass is 10.3. The summed E-state index contributed by atoms with van der Waals surface area (Å²) in [5.41, 5.74) is 2.65. The zero-order valence-corrected chi connectivity index (χ0v) is 12.2.